The van der Waals surface area contributed by atoms with Crippen LogP contribution in [-0.2, 0) is 16.1 Å². The number of H-pyrrole nitrogens is 1. The Morgan fingerprint density at radius 1 is 1.47 bits per heavy atom. The van der Waals surface area contributed by atoms with Crippen molar-refractivity contribution >= 4 is 16.9 Å². The first-order chi connectivity index (χ1) is 9.31. The van der Waals surface area contributed by atoms with Gasteiger partial charge in [0.05, 0.1) is 30.1 Å². The monoisotopic (exact) mass is 259 g/mol. The number of para-hydroxylation sites is 2. The van der Waals surface area contributed by atoms with E-state index in [1.54, 1.807) is 0 Å². The number of nitrogens with one attached hydrogen (secondary N) is 2. The third-order valence-corrected chi connectivity index (χ3v) is 3.33. The normalized spacial score (nSPS) is 18.8. The van der Waals surface area contributed by atoms with Crippen molar-refractivity contribution in [1.82, 2.24) is 15.3 Å². The summed E-state index contributed by atoms with van der Waals surface area (Å²) in [5, 5.41) is 2.87. The zero-order valence-corrected chi connectivity index (χ0v) is 10.7. The van der Waals surface area contributed by atoms with E-state index in [0.29, 0.717) is 13.0 Å². The lowest BCUT2D eigenvalue weighted by Crippen LogP contribution is -2.27. The van der Waals surface area contributed by atoms with Gasteiger partial charge in [0.25, 0.3) is 0 Å². The summed E-state index contributed by atoms with van der Waals surface area (Å²) in [6.45, 7) is 1.21. The SMILES string of the molecule is O=C(CC1CCCO1)NCc1nc2ccccc2[nH]1. The lowest BCUT2D eigenvalue weighted by molar-refractivity contribution is -0.123. The van der Waals surface area contributed by atoms with Gasteiger partial charge in [-0.2, -0.15) is 0 Å². The maximum atomic E-state index is 11.8. The largest absolute Gasteiger partial charge is 0.378 e. The van der Waals surface area contributed by atoms with Gasteiger partial charge < -0.3 is 15.0 Å². The van der Waals surface area contributed by atoms with Gasteiger partial charge in [0.1, 0.15) is 5.82 Å². The maximum absolute atomic E-state index is 11.8. The van der Waals surface area contributed by atoms with Crippen LogP contribution in [0.15, 0.2) is 24.3 Å². The van der Waals surface area contributed by atoms with Crippen LogP contribution in [0.5, 0.6) is 0 Å². The van der Waals surface area contributed by atoms with Gasteiger partial charge in [0, 0.05) is 6.61 Å². The van der Waals surface area contributed by atoms with Crippen LogP contribution in [-0.4, -0.2) is 28.6 Å². The second-order valence-electron chi connectivity index (χ2n) is 4.82. The number of carbonyl (C=O) groups is 1. The molecule has 1 aromatic heterocycles. The van der Waals surface area contributed by atoms with Gasteiger partial charge in [-0.05, 0) is 25.0 Å². The summed E-state index contributed by atoms with van der Waals surface area (Å²) in [7, 11) is 0. The molecule has 2 N–H and O–H groups in total. The van der Waals surface area contributed by atoms with E-state index < -0.39 is 0 Å². The number of aromatic nitrogens is 2. The highest BCUT2D eigenvalue weighted by Gasteiger charge is 2.18. The fourth-order valence-corrected chi connectivity index (χ4v) is 2.36. The van der Waals surface area contributed by atoms with Gasteiger partial charge in [-0.15, -0.1) is 0 Å². The average Bonchev–Trinajstić information content (AvgIpc) is 3.04. The fourth-order valence-electron chi connectivity index (χ4n) is 2.36. The minimum Gasteiger partial charge on any atom is -0.378 e. The number of hydrogen-bond acceptors (Lipinski definition) is 3. The van der Waals surface area contributed by atoms with Gasteiger partial charge in [-0.1, -0.05) is 12.1 Å². The highest BCUT2D eigenvalue weighted by Crippen LogP contribution is 2.15. The molecule has 1 aromatic carbocycles. The van der Waals surface area contributed by atoms with E-state index in [1.807, 2.05) is 24.3 Å². The lowest BCUT2D eigenvalue weighted by atomic mass is 10.2. The van der Waals surface area contributed by atoms with Gasteiger partial charge >= 0.3 is 0 Å². The topological polar surface area (TPSA) is 67.0 Å². The Bertz CT molecular complexity index is 540. The van der Waals surface area contributed by atoms with Crippen LogP contribution in [0.2, 0.25) is 0 Å². The first-order valence-corrected chi connectivity index (χ1v) is 6.63. The van der Waals surface area contributed by atoms with Crippen LogP contribution in [0.3, 0.4) is 0 Å². The number of imidazole rings is 1. The lowest BCUT2D eigenvalue weighted by Gasteiger charge is -2.08. The molecule has 19 heavy (non-hydrogen) atoms. The van der Waals surface area contributed by atoms with Crippen molar-refractivity contribution in [2.45, 2.75) is 31.9 Å². The quantitative estimate of drug-likeness (QED) is 0.879. The zero-order chi connectivity index (χ0) is 13.1. The zero-order valence-electron chi connectivity index (χ0n) is 10.7. The number of amides is 1. The number of aromatic amines is 1. The highest BCUT2D eigenvalue weighted by atomic mass is 16.5. The number of fused-ring (bicyclic) bond motifs is 1. The van der Waals surface area contributed by atoms with Crippen molar-refractivity contribution in [3.8, 4) is 0 Å². The number of nitrogens with zero attached hydrogens (tertiary/aromatic N) is 1. The van der Waals surface area contributed by atoms with E-state index in [1.165, 1.54) is 0 Å². The molecule has 1 atom stereocenters. The molecular formula is C14H17N3O2. The Hall–Kier alpha value is -1.88. The predicted molar refractivity (Wildman–Crippen MR) is 71.5 cm³/mol. The summed E-state index contributed by atoms with van der Waals surface area (Å²) < 4.78 is 5.44. The van der Waals surface area contributed by atoms with Crippen molar-refractivity contribution < 1.29 is 9.53 Å². The van der Waals surface area contributed by atoms with Crippen molar-refractivity contribution in [3.63, 3.8) is 0 Å². The molecule has 1 saturated heterocycles. The molecule has 2 heterocycles. The number of ether oxygens (including phenoxy) is 1. The third kappa shape index (κ3) is 2.93. The Balaban J connectivity index is 1.54. The molecule has 1 aliphatic rings. The smallest absolute Gasteiger partial charge is 0.222 e. The first kappa shape index (κ1) is 12.2. The Morgan fingerprint density at radius 2 is 2.37 bits per heavy atom. The van der Waals surface area contributed by atoms with Gasteiger partial charge in [0.2, 0.25) is 5.91 Å². The molecule has 1 unspecified atom stereocenters. The van der Waals surface area contributed by atoms with Crippen LogP contribution in [0.4, 0.5) is 0 Å². The molecule has 0 aliphatic carbocycles. The molecule has 0 spiro atoms. The van der Waals surface area contributed by atoms with Gasteiger partial charge in [-0.3, -0.25) is 4.79 Å². The van der Waals surface area contributed by atoms with E-state index in [0.717, 1.165) is 36.3 Å². The molecule has 0 saturated carbocycles. The molecule has 5 nitrogen and oxygen atoms in total. The molecular weight excluding hydrogens is 242 g/mol. The number of benzene rings is 1. The Morgan fingerprint density at radius 3 is 3.16 bits per heavy atom. The van der Waals surface area contributed by atoms with Crippen molar-refractivity contribution in [2.75, 3.05) is 6.61 Å². The molecule has 2 aromatic rings. The molecule has 3 rings (SSSR count). The number of hydrogen-bond donors (Lipinski definition) is 2. The first-order valence-electron chi connectivity index (χ1n) is 6.63. The predicted octanol–water partition coefficient (Wildman–Crippen LogP) is 1.75. The fraction of sp³-hybridized carbons (Fsp3) is 0.429. The summed E-state index contributed by atoms with van der Waals surface area (Å²) in [4.78, 5) is 19.4. The van der Waals surface area contributed by atoms with E-state index in [4.69, 9.17) is 4.74 Å². The highest BCUT2D eigenvalue weighted by molar-refractivity contribution is 5.77. The molecule has 1 fully saturated rings. The summed E-state index contributed by atoms with van der Waals surface area (Å²) in [6.07, 6.45) is 2.58. The molecule has 100 valence electrons. The average molecular weight is 259 g/mol. The summed E-state index contributed by atoms with van der Waals surface area (Å²) >= 11 is 0. The molecule has 5 heteroatoms. The van der Waals surface area contributed by atoms with Crippen molar-refractivity contribution in [3.05, 3.63) is 30.1 Å². The standard InChI is InChI=1S/C14H17N3O2/c18-14(8-10-4-3-7-19-10)15-9-13-16-11-5-1-2-6-12(11)17-13/h1-2,5-6,10H,3-4,7-9H2,(H,15,18)(H,16,17). The Labute approximate surface area is 111 Å². The van der Waals surface area contributed by atoms with E-state index >= 15 is 0 Å². The van der Waals surface area contributed by atoms with Gasteiger partial charge in [-0.25, -0.2) is 4.98 Å². The third-order valence-electron chi connectivity index (χ3n) is 3.33. The minimum atomic E-state index is 0.0207. The van der Waals surface area contributed by atoms with Crippen LogP contribution in [0.25, 0.3) is 11.0 Å². The van der Waals surface area contributed by atoms with Crippen molar-refractivity contribution in [2.24, 2.45) is 0 Å². The van der Waals surface area contributed by atoms with Crippen LogP contribution in [0.1, 0.15) is 25.1 Å². The van der Waals surface area contributed by atoms with Crippen molar-refractivity contribution in [1.29, 1.82) is 0 Å². The number of rotatable bonds is 4. The molecule has 0 bridgehead atoms. The molecule has 1 aliphatic heterocycles. The van der Waals surface area contributed by atoms with E-state index in [2.05, 4.69) is 15.3 Å². The summed E-state index contributed by atoms with van der Waals surface area (Å²) in [6, 6.07) is 7.83. The maximum Gasteiger partial charge on any atom is 0.222 e. The van der Waals surface area contributed by atoms with Gasteiger partial charge in [0.15, 0.2) is 0 Å². The van der Waals surface area contributed by atoms with Crippen LogP contribution >= 0.6 is 0 Å². The van der Waals surface area contributed by atoms with Crippen LogP contribution < -0.4 is 5.32 Å². The van der Waals surface area contributed by atoms with E-state index in [-0.39, 0.29) is 12.0 Å². The second kappa shape index (κ2) is 5.40. The van der Waals surface area contributed by atoms with E-state index in [9.17, 15) is 4.79 Å². The second-order valence-corrected chi connectivity index (χ2v) is 4.82. The minimum absolute atomic E-state index is 0.0207. The number of carbonyl (C=O) groups excluding carboxylic acids is 1. The van der Waals surface area contributed by atoms with Crippen LogP contribution in [0, 0.1) is 0 Å². The summed E-state index contributed by atoms with van der Waals surface area (Å²) in [5.74, 6) is 0.800. The Kier molecular flexibility index (Phi) is 3.46. The molecule has 0 radical (unpaired) electrons. The summed E-state index contributed by atoms with van der Waals surface area (Å²) in [5.41, 5.74) is 1.91. The molecule has 1 amide bonds.